The van der Waals surface area contributed by atoms with Crippen molar-refractivity contribution in [3.05, 3.63) is 34.1 Å². The highest BCUT2D eigenvalue weighted by Gasteiger charge is 2.30. The topological polar surface area (TPSA) is 32.3 Å². The smallest absolute Gasteiger partial charge is 0.127 e. The molecule has 0 bridgehead atoms. The number of hydrogen-bond acceptors (Lipinski definition) is 2. The fourth-order valence-corrected chi connectivity index (χ4v) is 2.58. The van der Waals surface area contributed by atoms with Crippen molar-refractivity contribution in [1.82, 2.24) is 5.32 Å². The summed E-state index contributed by atoms with van der Waals surface area (Å²) in [6.45, 7) is 1.59. The van der Waals surface area contributed by atoms with Crippen LogP contribution in [0.5, 0.6) is 0 Å². The predicted octanol–water partition coefficient (Wildman–Crippen LogP) is 2.25. The van der Waals surface area contributed by atoms with Gasteiger partial charge in [0.2, 0.25) is 0 Å². The van der Waals surface area contributed by atoms with Crippen molar-refractivity contribution < 1.29 is 9.50 Å². The van der Waals surface area contributed by atoms with Crippen LogP contribution in [0.3, 0.4) is 0 Å². The second kappa shape index (κ2) is 4.82. The highest BCUT2D eigenvalue weighted by Crippen LogP contribution is 2.28. The average molecular weight is 288 g/mol. The van der Waals surface area contributed by atoms with E-state index in [2.05, 4.69) is 21.2 Å². The van der Waals surface area contributed by atoms with Crippen LogP contribution in [0.4, 0.5) is 4.39 Å². The maximum Gasteiger partial charge on any atom is 0.127 e. The van der Waals surface area contributed by atoms with Crippen molar-refractivity contribution in [3.63, 3.8) is 0 Å². The lowest BCUT2D eigenvalue weighted by Gasteiger charge is -2.33. The Morgan fingerprint density at radius 3 is 2.69 bits per heavy atom. The molecule has 1 aliphatic rings. The second-order valence-corrected chi connectivity index (χ2v) is 5.21. The number of rotatable bonds is 2. The van der Waals surface area contributed by atoms with Crippen LogP contribution in [0.25, 0.3) is 0 Å². The maximum atomic E-state index is 13.6. The summed E-state index contributed by atoms with van der Waals surface area (Å²) in [5.41, 5.74) is -0.192. The summed E-state index contributed by atoms with van der Waals surface area (Å²) >= 11 is 3.33. The highest BCUT2D eigenvalue weighted by molar-refractivity contribution is 9.10. The molecule has 1 fully saturated rings. The Labute approximate surface area is 103 Å². The number of piperidine rings is 1. The molecule has 0 unspecified atom stereocenters. The molecule has 88 valence electrons. The van der Waals surface area contributed by atoms with Gasteiger partial charge in [0.15, 0.2) is 0 Å². The third kappa shape index (κ3) is 2.62. The number of halogens is 2. The predicted molar refractivity (Wildman–Crippen MR) is 64.9 cm³/mol. The third-order valence-corrected chi connectivity index (χ3v) is 3.84. The Hall–Kier alpha value is -0.450. The van der Waals surface area contributed by atoms with Crippen LogP contribution in [0.1, 0.15) is 18.4 Å². The lowest BCUT2D eigenvalue weighted by molar-refractivity contribution is 0.00999. The molecule has 0 atom stereocenters. The van der Waals surface area contributed by atoms with Gasteiger partial charge in [-0.3, -0.25) is 0 Å². The molecule has 4 heteroatoms. The van der Waals surface area contributed by atoms with Crippen molar-refractivity contribution in [2.24, 2.45) is 0 Å². The van der Waals surface area contributed by atoms with Crippen LogP contribution in [0, 0.1) is 5.82 Å². The molecule has 2 rings (SSSR count). The van der Waals surface area contributed by atoms with Crippen LogP contribution in [-0.4, -0.2) is 23.8 Å². The second-order valence-electron chi connectivity index (χ2n) is 4.35. The standard InChI is InChI=1S/C12H15BrFNO/c13-10-2-1-3-11(14)9(10)8-12(16)4-6-15-7-5-12/h1-3,15-16H,4-8H2. The molecule has 0 aliphatic carbocycles. The number of hydrogen-bond donors (Lipinski definition) is 2. The van der Waals surface area contributed by atoms with E-state index in [1.807, 2.05) is 6.07 Å². The molecular formula is C12H15BrFNO. The monoisotopic (exact) mass is 287 g/mol. The molecular weight excluding hydrogens is 273 g/mol. The molecule has 1 saturated heterocycles. The van der Waals surface area contributed by atoms with E-state index in [1.165, 1.54) is 6.07 Å². The van der Waals surface area contributed by atoms with Gasteiger partial charge in [-0.15, -0.1) is 0 Å². The summed E-state index contributed by atoms with van der Waals surface area (Å²) in [6.07, 6.45) is 1.73. The van der Waals surface area contributed by atoms with Crippen LogP contribution < -0.4 is 5.32 Å². The van der Waals surface area contributed by atoms with E-state index in [1.54, 1.807) is 6.07 Å². The Morgan fingerprint density at radius 1 is 1.38 bits per heavy atom. The molecule has 1 aromatic rings. The van der Waals surface area contributed by atoms with Gasteiger partial charge in [-0.2, -0.15) is 0 Å². The number of benzene rings is 1. The molecule has 1 aromatic carbocycles. The normalized spacial score (nSPS) is 19.7. The first-order valence-electron chi connectivity index (χ1n) is 5.47. The molecule has 2 N–H and O–H groups in total. The molecule has 0 radical (unpaired) electrons. The van der Waals surface area contributed by atoms with Gasteiger partial charge >= 0.3 is 0 Å². The maximum absolute atomic E-state index is 13.6. The lowest BCUT2D eigenvalue weighted by atomic mass is 9.86. The molecule has 0 saturated carbocycles. The van der Waals surface area contributed by atoms with E-state index in [0.29, 0.717) is 24.8 Å². The summed E-state index contributed by atoms with van der Waals surface area (Å²) in [4.78, 5) is 0. The van der Waals surface area contributed by atoms with Gasteiger partial charge in [-0.05, 0) is 38.1 Å². The lowest BCUT2D eigenvalue weighted by Crippen LogP contribution is -2.43. The van der Waals surface area contributed by atoms with Gasteiger partial charge in [-0.1, -0.05) is 22.0 Å². The zero-order chi connectivity index (χ0) is 11.6. The van der Waals surface area contributed by atoms with E-state index in [9.17, 15) is 9.50 Å². The molecule has 0 aromatic heterocycles. The summed E-state index contributed by atoms with van der Waals surface area (Å²) in [7, 11) is 0. The van der Waals surface area contributed by atoms with Crippen LogP contribution >= 0.6 is 15.9 Å². The van der Waals surface area contributed by atoms with Gasteiger partial charge in [0, 0.05) is 16.5 Å². The fraction of sp³-hybridized carbons (Fsp3) is 0.500. The number of aliphatic hydroxyl groups is 1. The van der Waals surface area contributed by atoms with Crippen LogP contribution in [-0.2, 0) is 6.42 Å². The van der Waals surface area contributed by atoms with E-state index in [4.69, 9.17) is 0 Å². The molecule has 16 heavy (non-hydrogen) atoms. The average Bonchev–Trinajstić information content (AvgIpc) is 2.25. The van der Waals surface area contributed by atoms with Crippen LogP contribution in [0.2, 0.25) is 0 Å². The molecule has 1 aliphatic heterocycles. The molecule has 0 spiro atoms. The van der Waals surface area contributed by atoms with Crippen molar-refractivity contribution in [2.75, 3.05) is 13.1 Å². The first-order valence-corrected chi connectivity index (χ1v) is 6.26. The van der Waals surface area contributed by atoms with Gasteiger partial charge in [0.1, 0.15) is 5.82 Å². The van der Waals surface area contributed by atoms with E-state index < -0.39 is 5.60 Å². The number of nitrogens with one attached hydrogen (secondary N) is 1. The van der Waals surface area contributed by atoms with Gasteiger partial charge in [-0.25, -0.2) is 4.39 Å². The minimum Gasteiger partial charge on any atom is -0.389 e. The fourth-order valence-electron chi connectivity index (χ4n) is 2.10. The largest absolute Gasteiger partial charge is 0.389 e. The van der Waals surface area contributed by atoms with Crippen LogP contribution in [0.15, 0.2) is 22.7 Å². The molecule has 1 heterocycles. The van der Waals surface area contributed by atoms with Crippen molar-refractivity contribution >= 4 is 15.9 Å². The van der Waals surface area contributed by atoms with E-state index in [0.717, 1.165) is 17.6 Å². The zero-order valence-corrected chi connectivity index (χ0v) is 10.6. The first-order chi connectivity index (χ1) is 7.61. The molecule has 2 nitrogen and oxygen atoms in total. The van der Waals surface area contributed by atoms with Gasteiger partial charge in [0.05, 0.1) is 5.60 Å². The SMILES string of the molecule is OC1(Cc2c(F)cccc2Br)CCNCC1. The Balaban J connectivity index is 2.19. The summed E-state index contributed by atoms with van der Waals surface area (Å²) in [5.74, 6) is -0.249. The van der Waals surface area contributed by atoms with Crippen molar-refractivity contribution in [1.29, 1.82) is 0 Å². The Kier molecular flexibility index (Phi) is 3.62. The Morgan fingerprint density at radius 2 is 2.06 bits per heavy atom. The quantitative estimate of drug-likeness (QED) is 0.875. The van der Waals surface area contributed by atoms with Gasteiger partial charge in [0.25, 0.3) is 0 Å². The summed E-state index contributed by atoms with van der Waals surface area (Å²) < 4.78 is 14.4. The molecule has 0 amide bonds. The van der Waals surface area contributed by atoms with Crippen molar-refractivity contribution in [2.45, 2.75) is 24.9 Å². The van der Waals surface area contributed by atoms with E-state index in [-0.39, 0.29) is 5.82 Å². The highest BCUT2D eigenvalue weighted by atomic mass is 79.9. The zero-order valence-electron chi connectivity index (χ0n) is 8.97. The first kappa shape index (κ1) is 12.0. The minimum absolute atomic E-state index is 0.249. The Bertz CT molecular complexity index is 357. The van der Waals surface area contributed by atoms with Crippen molar-refractivity contribution in [3.8, 4) is 0 Å². The van der Waals surface area contributed by atoms with E-state index >= 15 is 0 Å². The minimum atomic E-state index is -0.768. The third-order valence-electron chi connectivity index (χ3n) is 3.10. The van der Waals surface area contributed by atoms with Gasteiger partial charge < -0.3 is 10.4 Å². The summed E-state index contributed by atoms with van der Waals surface area (Å²) in [6, 6.07) is 4.91. The summed E-state index contributed by atoms with van der Waals surface area (Å²) in [5, 5.41) is 13.5.